The summed E-state index contributed by atoms with van der Waals surface area (Å²) in [6.07, 6.45) is 4.12. The van der Waals surface area contributed by atoms with Gasteiger partial charge in [0.2, 0.25) is 5.91 Å². The van der Waals surface area contributed by atoms with Crippen LogP contribution >= 0.6 is 0 Å². The Hall–Kier alpha value is -2.28. The van der Waals surface area contributed by atoms with Crippen molar-refractivity contribution in [2.45, 2.75) is 25.8 Å². The highest BCUT2D eigenvalue weighted by molar-refractivity contribution is 5.94. The van der Waals surface area contributed by atoms with E-state index in [-0.39, 0.29) is 11.6 Å². The van der Waals surface area contributed by atoms with Crippen LogP contribution in [0, 0.1) is 5.82 Å². The van der Waals surface area contributed by atoms with Gasteiger partial charge in [-0.15, -0.1) is 0 Å². The Morgan fingerprint density at radius 1 is 1.55 bits per heavy atom. The lowest BCUT2D eigenvalue weighted by molar-refractivity contribution is -0.117. The first kappa shape index (κ1) is 14.1. The molecule has 6 nitrogen and oxygen atoms in total. The highest BCUT2D eigenvalue weighted by Crippen LogP contribution is 2.17. The number of benzene rings is 1. The minimum atomic E-state index is -0.585. The molecule has 0 saturated carbocycles. The molecule has 20 heavy (non-hydrogen) atoms. The summed E-state index contributed by atoms with van der Waals surface area (Å²) < 4.78 is 15.3. The Morgan fingerprint density at radius 2 is 2.35 bits per heavy atom. The fraction of sp³-hybridized carbons (Fsp3) is 0.308. The fourth-order valence-electron chi connectivity index (χ4n) is 1.78. The van der Waals surface area contributed by atoms with E-state index in [9.17, 15) is 9.18 Å². The van der Waals surface area contributed by atoms with Crippen molar-refractivity contribution >= 4 is 11.6 Å². The molecule has 0 aliphatic rings. The van der Waals surface area contributed by atoms with E-state index >= 15 is 0 Å². The normalized spacial score (nSPS) is 12.2. The number of hydrogen-bond acceptors (Lipinski definition) is 4. The van der Waals surface area contributed by atoms with E-state index in [2.05, 4.69) is 15.4 Å². The van der Waals surface area contributed by atoms with Crippen molar-refractivity contribution in [3.63, 3.8) is 0 Å². The van der Waals surface area contributed by atoms with Crippen molar-refractivity contribution in [3.05, 3.63) is 36.7 Å². The number of amides is 1. The Balaban J connectivity index is 2.12. The molecule has 2 aromatic rings. The van der Waals surface area contributed by atoms with Crippen LogP contribution in [0.5, 0.6) is 0 Å². The van der Waals surface area contributed by atoms with Crippen LogP contribution in [0.1, 0.15) is 19.8 Å². The van der Waals surface area contributed by atoms with E-state index < -0.39 is 11.9 Å². The highest BCUT2D eigenvalue weighted by Gasteiger charge is 2.13. The number of rotatable bonds is 5. The van der Waals surface area contributed by atoms with E-state index in [0.717, 1.165) is 6.42 Å². The van der Waals surface area contributed by atoms with E-state index in [1.807, 2.05) is 6.92 Å². The average molecular weight is 277 g/mol. The zero-order valence-corrected chi connectivity index (χ0v) is 11.1. The van der Waals surface area contributed by atoms with E-state index in [4.69, 9.17) is 5.73 Å². The molecule has 0 aliphatic carbocycles. The number of carbonyl (C=O) groups excluding carboxylic acids is 1. The molecule has 1 heterocycles. The molecule has 1 aromatic carbocycles. The smallest absolute Gasteiger partial charge is 0.241 e. The first-order valence-electron chi connectivity index (χ1n) is 6.32. The van der Waals surface area contributed by atoms with Crippen molar-refractivity contribution < 1.29 is 9.18 Å². The molecule has 0 spiro atoms. The maximum absolute atomic E-state index is 13.9. The number of nitrogens with zero attached hydrogens (tertiary/aromatic N) is 3. The van der Waals surface area contributed by atoms with Gasteiger partial charge in [-0.25, -0.2) is 14.1 Å². The van der Waals surface area contributed by atoms with Gasteiger partial charge >= 0.3 is 0 Å². The summed E-state index contributed by atoms with van der Waals surface area (Å²) in [6, 6.07) is 3.76. The standard InChI is InChI=1S/C13H16FN5O/c1-2-3-11(15)13(20)18-9-4-5-12(10(14)6-9)19-8-16-7-17-19/h4-8,11H,2-3,15H2,1H3,(H,18,20). The minimum Gasteiger partial charge on any atom is -0.325 e. The molecule has 106 valence electrons. The van der Waals surface area contributed by atoms with E-state index in [1.54, 1.807) is 6.07 Å². The Labute approximate surface area is 115 Å². The molecule has 1 amide bonds. The molecule has 1 aromatic heterocycles. The Morgan fingerprint density at radius 3 is 2.95 bits per heavy atom. The summed E-state index contributed by atoms with van der Waals surface area (Å²) in [5.41, 5.74) is 6.32. The van der Waals surface area contributed by atoms with Gasteiger partial charge < -0.3 is 11.1 Å². The van der Waals surface area contributed by atoms with Crippen LogP contribution in [-0.4, -0.2) is 26.7 Å². The molecule has 7 heteroatoms. The van der Waals surface area contributed by atoms with Crippen LogP contribution in [0.15, 0.2) is 30.9 Å². The predicted molar refractivity (Wildman–Crippen MR) is 72.8 cm³/mol. The molecule has 0 fully saturated rings. The average Bonchev–Trinajstić information content (AvgIpc) is 2.93. The molecular weight excluding hydrogens is 261 g/mol. The van der Waals surface area contributed by atoms with Gasteiger partial charge in [0.15, 0.2) is 5.82 Å². The van der Waals surface area contributed by atoms with Crippen molar-refractivity contribution in [2.75, 3.05) is 5.32 Å². The number of nitrogens with two attached hydrogens (primary N) is 1. The molecule has 2 rings (SSSR count). The van der Waals surface area contributed by atoms with Crippen LogP contribution in [0.2, 0.25) is 0 Å². The van der Waals surface area contributed by atoms with E-state index in [1.165, 1.54) is 29.5 Å². The molecule has 3 N–H and O–H groups in total. The van der Waals surface area contributed by atoms with Crippen LogP contribution in [-0.2, 0) is 4.79 Å². The predicted octanol–water partition coefficient (Wildman–Crippen LogP) is 1.47. The largest absolute Gasteiger partial charge is 0.325 e. The molecule has 1 atom stereocenters. The topological polar surface area (TPSA) is 85.8 Å². The second-order valence-corrected chi connectivity index (χ2v) is 4.39. The molecule has 0 bridgehead atoms. The van der Waals surface area contributed by atoms with Crippen molar-refractivity contribution in [3.8, 4) is 5.69 Å². The summed E-state index contributed by atoms with van der Waals surface area (Å²) >= 11 is 0. The van der Waals surface area contributed by atoms with Gasteiger partial charge in [-0.1, -0.05) is 13.3 Å². The van der Waals surface area contributed by atoms with Crippen molar-refractivity contribution in [1.82, 2.24) is 14.8 Å². The maximum Gasteiger partial charge on any atom is 0.241 e. The molecular formula is C13H16FN5O. The van der Waals surface area contributed by atoms with Gasteiger partial charge in [-0.2, -0.15) is 5.10 Å². The minimum absolute atomic E-state index is 0.262. The Bertz CT molecular complexity index is 584. The molecule has 1 unspecified atom stereocenters. The number of anilines is 1. The molecule has 0 radical (unpaired) electrons. The number of aromatic nitrogens is 3. The SMILES string of the molecule is CCCC(N)C(=O)Nc1ccc(-n2cncn2)c(F)c1. The van der Waals surface area contributed by atoms with Gasteiger partial charge in [-0.05, 0) is 24.6 Å². The monoisotopic (exact) mass is 277 g/mol. The summed E-state index contributed by atoms with van der Waals surface area (Å²) in [7, 11) is 0. The summed E-state index contributed by atoms with van der Waals surface area (Å²) in [5.74, 6) is -0.822. The number of carbonyl (C=O) groups is 1. The van der Waals surface area contributed by atoms with Gasteiger partial charge in [0, 0.05) is 5.69 Å². The van der Waals surface area contributed by atoms with Crippen molar-refractivity contribution in [2.24, 2.45) is 5.73 Å². The lowest BCUT2D eigenvalue weighted by atomic mass is 10.1. The lowest BCUT2D eigenvalue weighted by Crippen LogP contribution is -2.35. The van der Waals surface area contributed by atoms with Crippen LogP contribution in [0.3, 0.4) is 0 Å². The van der Waals surface area contributed by atoms with Crippen LogP contribution in [0.4, 0.5) is 10.1 Å². The van der Waals surface area contributed by atoms with Crippen molar-refractivity contribution in [1.29, 1.82) is 0 Å². The second kappa shape index (κ2) is 6.25. The molecule has 0 saturated heterocycles. The van der Waals surface area contributed by atoms with Gasteiger partial charge in [0.05, 0.1) is 6.04 Å². The third-order valence-electron chi connectivity index (χ3n) is 2.82. The maximum atomic E-state index is 13.9. The number of hydrogen-bond donors (Lipinski definition) is 2. The first-order chi connectivity index (χ1) is 9.61. The summed E-state index contributed by atoms with van der Waals surface area (Å²) in [4.78, 5) is 15.5. The quantitative estimate of drug-likeness (QED) is 0.866. The lowest BCUT2D eigenvalue weighted by Gasteiger charge is -2.12. The number of nitrogens with one attached hydrogen (secondary N) is 1. The Kier molecular flexibility index (Phi) is 4.41. The van der Waals surface area contributed by atoms with E-state index in [0.29, 0.717) is 12.1 Å². The summed E-state index contributed by atoms with van der Waals surface area (Å²) in [5, 5.41) is 6.44. The second-order valence-electron chi connectivity index (χ2n) is 4.39. The molecule has 0 aliphatic heterocycles. The first-order valence-corrected chi connectivity index (χ1v) is 6.32. The summed E-state index contributed by atoms with van der Waals surface area (Å²) in [6.45, 7) is 1.94. The highest BCUT2D eigenvalue weighted by atomic mass is 19.1. The van der Waals surface area contributed by atoms with Gasteiger partial charge in [-0.3, -0.25) is 4.79 Å². The van der Waals surface area contributed by atoms with Gasteiger partial charge in [0.1, 0.15) is 18.3 Å². The third-order valence-corrected chi connectivity index (χ3v) is 2.82. The zero-order valence-electron chi connectivity index (χ0n) is 11.1. The third kappa shape index (κ3) is 3.18. The zero-order chi connectivity index (χ0) is 14.5. The van der Waals surface area contributed by atoms with Crippen LogP contribution in [0.25, 0.3) is 5.69 Å². The fourth-order valence-corrected chi connectivity index (χ4v) is 1.78. The number of halogens is 1. The van der Waals surface area contributed by atoms with Gasteiger partial charge in [0.25, 0.3) is 0 Å². The van der Waals surface area contributed by atoms with Crippen LogP contribution < -0.4 is 11.1 Å².